The lowest BCUT2D eigenvalue weighted by molar-refractivity contribution is -0.138. The zero-order valence-corrected chi connectivity index (χ0v) is 9.01. The van der Waals surface area contributed by atoms with Crippen LogP contribution >= 0.6 is 0 Å². The lowest BCUT2D eigenvalue weighted by Crippen LogP contribution is -2.18. The van der Waals surface area contributed by atoms with E-state index >= 15 is 0 Å². The molecule has 1 aromatic rings. The van der Waals surface area contributed by atoms with E-state index in [4.69, 9.17) is 9.84 Å². The Balaban J connectivity index is 2.06. The van der Waals surface area contributed by atoms with Crippen molar-refractivity contribution in [2.45, 2.75) is 19.4 Å². The number of hydrogen-bond donors (Lipinski definition) is 1. The Hall–Kier alpha value is -1.84. The van der Waals surface area contributed by atoms with Crippen LogP contribution in [0.5, 0.6) is 0 Å². The first-order valence-corrected chi connectivity index (χ1v) is 5.13. The lowest BCUT2D eigenvalue weighted by atomic mass is 10.1. The molecule has 1 aliphatic heterocycles. The SMILES string of the molecule is Cc1cccc(CC2=NC(C(=O)O)CO2)c1. The molecule has 0 bridgehead atoms. The van der Waals surface area contributed by atoms with Gasteiger partial charge in [0.1, 0.15) is 6.61 Å². The molecule has 0 saturated carbocycles. The van der Waals surface area contributed by atoms with Gasteiger partial charge in [-0.25, -0.2) is 9.79 Å². The highest BCUT2D eigenvalue weighted by molar-refractivity contribution is 5.86. The second-order valence-electron chi connectivity index (χ2n) is 3.85. The number of benzene rings is 1. The number of carbonyl (C=O) groups is 1. The van der Waals surface area contributed by atoms with Crippen LogP contribution in [0.25, 0.3) is 0 Å². The molecule has 1 N–H and O–H groups in total. The van der Waals surface area contributed by atoms with Crippen molar-refractivity contribution in [2.24, 2.45) is 4.99 Å². The molecule has 1 aromatic carbocycles. The Morgan fingerprint density at radius 2 is 2.44 bits per heavy atom. The third kappa shape index (κ3) is 2.39. The summed E-state index contributed by atoms with van der Waals surface area (Å²) in [6, 6.07) is 7.27. The Morgan fingerprint density at radius 3 is 3.06 bits per heavy atom. The molecule has 4 nitrogen and oxygen atoms in total. The topological polar surface area (TPSA) is 58.9 Å². The van der Waals surface area contributed by atoms with Crippen molar-refractivity contribution in [2.75, 3.05) is 6.61 Å². The summed E-state index contributed by atoms with van der Waals surface area (Å²) in [6.45, 7) is 2.16. The number of aryl methyl sites for hydroxylation is 1. The van der Waals surface area contributed by atoms with Crippen molar-refractivity contribution >= 4 is 11.9 Å². The highest BCUT2D eigenvalue weighted by atomic mass is 16.5. The molecule has 1 unspecified atom stereocenters. The van der Waals surface area contributed by atoms with Gasteiger partial charge >= 0.3 is 5.97 Å². The van der Waals surface area contributed by atoms with Crippen LogP contribution < -0.4 is 0 Å². The fraction of sp³-hybridized carbons (Fsp3) is 0.333. The third-order valence-corrected chi connectivity index (χ3v) is 2.43. The maximum Gasteiger partial charge on any atom is 0.332 e. The smallest absolute Gasteiger partial charge is 0.332 e. The van der Waals surface area contributed by atoms with E-state index in [1.165, 1.54) is 5.56 Å². The lowest BCUT2D eigenvalue weighted by Gasteiger charge is -2.02. The second kappa shape index (κ2) is 4.35. The maximum atomic E-state index is 10.7. The predicted molar refractivity (Wildman–Crippen MR) is 59.7 cm³/mol. The van der Waals surface area contributed by atoms with Crippen molar-refractivity contribution in [3.05, 3.63) is 35.4 Å². The molecule has 0 aromatic heterocycles. The zero-order chi connectivity index (χ0) is 11.5. The molecule has 0 amide bonds. The Bertz CT molecular complexity index is 440. The summed E-state index contributed by atoms with van der Waals surface area (Å²) < 4.78 is 5.24. The number of aliphatic imine (C=N–C) groups is 1. The van der Waals surface area contributed by atoms with Gasteiger partial charge in [0, 0.05) is 6.42 Å². The van der Waals surface area contributed by atoms with E-state index in [0.29, 0.717) is 12.3 Å². The van der Waals surface area contributed by atoms with Gasteiger partial charge in [0.15, 0.2) is 11.9 Å². The van der Waals surface area contributed by atoms with E-state index < -0.39 is 12.0 Å². The van der Waals surface area contributed by atoms with Crippen LogP contribution in [0, 0.1) is 6.92 Å². The van der Waals surface area contributed by atoms with Gasteiger partial charge in [-0.05, 0) is 12.5 Å². The average molecular weight is 219 g/mol. The summed E-state index contributed by atoms with van der Waals surface area (Å²) >= 11 is 0. The molecule has 2 rings (SSSR count). The highest BCUT2D eigenvalue weighted by Gasteiger charge is 2.24. The minimum atomic E-state index is -0.931. The van der Waals surface area contributed by atoms with Gasteiger partial charge < -0.3 is 9.84 Å². The van der Waals surface area contributed by atoms with E-state index in [-0.39, 0.29) is 6.61 Å². The van der Waals surface area contributed by atoms with Gasteiger partial charge in [0.2, 0.25) is 0 Å². The number of aliphatic carboxylic acids is 1. The number of ether oxygens (including phenoxy) is 1. The fourth-order valence-corrected chi connectivity index (χ4v) is 1.64. The molecule has 1 heterocycles. The second-order valence-corrected chi connectivity index (χ2v) is 3.85. The molecule has 1 atom stereocenters. The largest absolute Gasteiger partial charge is 0.480 e. The molecule has 0 saturated heterocycles. The standard InChI is InChI=1S/C12H13NO3/c1-8-3-2-4-9(5-8)6-11-13-10(7-16-11)12(14)15/h2-5,10H,6-7H2,1H3,(H,14,15). The molecule has 0 aliphatic carbocycles. The summed E-state index contributed by atoms with van der Waals surface area (Å²) in [5.74, 6) is -0.419. The van der Waals surface area contributed by atoms with Gasteiger partial charge in [-0.2, -0.15) is 0 Å². The molecule has 16 heavy (non-hydrogen) atoms. The molecular formula is C12H13NO3. The average Bonchev–Trinajstić information content (AvgIpc) is 2.66. The van der Waals surface area contributed by atoms with Crippen LogP contribution in [0.15, 0.2) is 29.3 Å². The first-order valence-electron chi connectivity index (χ1n) is 5.13. The van der Waals surface area contributed by atoms with Crippen LogP contribution in [0.4, 0.5) is 0 Å². The van der Waals surface area contributed by atoms with E-state index in [1.807, 2.05) is 31.2 Å². The van der Waals surface area contributed by atoms with Gasteiger partial charge in [0.05, 0.1) is 0 Å². The van der Waals surface area contributed by atoms with Crippen molar-refractivity contribution in [3.63, 3.8) is 0 Å². The summed E-state index contributed by atoms with van der Waals surface area (Å²) in [5.41, 5.74) is 2.26. The van der Waals surface area contributed by atoms with Crippen molar-refractivity contribution in [3.8, 4) is 0 Å². The fourth-order valence-electron chi connectivity index (χ4n) is 1.64. The molecule has 0 spiro atoms. The number of carboxylic acids is 1. The Morgan fingerprint density at radius 1 is 1.62 bits per heavy atom. The molecule has 0 radical (unpaired) electrons. The summed E-state index contributed by atoms with van der Waals surface area (Å²) in [5, 5.41) is 8.75. The van der Waals surface area contributed by atoms with Gasteiger partial charge in [-0.3, -0.25) is 0 Å². The van der Waals surface area contributed by atoms with E-state index in [2.05, 4.69) is 4.99 Å². The quantitative estimate of drug-likeness (QED) is 0.836. The molecular weight excluding hydrogens is 206 g/mol. The van der Waals surface area contributed by atoms with Crippen LogP contribution in [-0.4, -0.2) is 29.6 Å². The minimum absolute atomic E-state index is 0.149. The van der Waals surface area contributed by atoms with Crippen molar-refractivity contribution in [1.82, 2.24) is 0 Å². The molecule has 84 valence electrons. The Kier molecular flexibility index (Phi) is 2.90. The summed E-state index contributed by atoms with van der Waals surface area (Å²) in [4.78, 5) is 14.7. The summed E-state index contributed by atoms with van der Waals surface area (Å²) in [6.07, 6.45) is 0.561. The number of rotatable bonds is 3. The predicted octanol–water partition coefficient (Wildman–Crippen LogP) is 1.42. The van der Waals surface area contributed by atoms with Crippen LogP contribution in [0.3, 0.4) is 0 Å². The first kappa shape index (κ1) is 10.7. The molecule has 4 heteroatoms. The van der Waals surface area contributed by atoms with E-state index in [0.717, 1.165) is 5.56 Å². The van der Waals surface area contributed by atoms with Crippen LogP contribution in [-0.2, 0) is 16.0 Å². The van der Waals surface area contributed by atoms with E-state index in [1.54, 1.807) is 0 Å². The molecule has 1 aliphatic rings. The van der Waals surface area contributed by atoms with Gasteiger partial charge in [0.25, 0.3) is 0 Å². The first-order chi connectivity index (χ1) is 7.65. The third-order valence-electron chi connectivity index (χ3n) is 2.43. The van der Waals surface area contributed by atoms with Crippen molar-refractivity contribution in [1.29, 1.82) is 0 Å². The minimum Gasteiger partial charge on any atom is -0.480 e. The number of hydrogen-bond acceptors (Lipinski definition) is 3. The number of carboxylic acid groups (broad SMARTS) is 1. The van der Waals surface area contributed by atoms with Crippen molar-refractivity contribution < 1.29 is 14.6 Å². The van der Waals surface area contributed by atoms with Gasteiger partial charge in [-0.1, -0.05) is 29.8 Å². The Labute approximate surface area is 93.6 Å². The van der Waals surface area contributed by atoms with Crippen LogP contribution in [0.2, 0.25) is 0 Å². The highest BCUT2D eigenvalue weighted by Crippen LogP contribution is 2.11. The number of nitrogens with zero attached hydrogens (tertiary/aromatic N) is 1. The maximum absolute atomic E-state index is 10.7. The van der Waals surface area contributed by atoms with E-state index in [9.17, 15) is 4.79 Å². The molecule has 0 fully saturated rings. The van der Waals surface area contributed by atoms with Crippen LogP contribution in [0.1, 0.15) is 11.1 Å². The van der Waals surface area contributed by atoms with Gasteiger partial charge in [-0.15, -0.1) is 0 Å². The summed E-state index contributed by atoms with van der Waals surface area (Å²) in [7, 11) is 0. The zero-order valence-electron chi connectivity index (χ0n) is 9.01. The monoisotopic (exact) mass is 219 g/mol. The normalized spacial score (nSPS) is 19.1.